The van der Waals surface area contributed by atoms with Crippen LogP contribution in [0.15, 0.2) is 72.8 Å². The highest BCUT2D eigenvalue weighted by atomic mass is 16.5. The quantitative estimate of drug-likeness (QED) is 0.0932. The summed E-state index contributed by atoms with van der Waals surface area (Å²) in [6.07, 6.45) is 13.6. The van der Waals surface area contributed by atoms with E-state index >= 15 is 0 Å². The molecule has 0 radical (unpaired) electrons. The highest BCUT2D eigenvalue weighted by Gasteiger charge is 2.11. The van der Waals surface area contributed by atoms with Crippen LogP contribution in [0, 0.1) is 0 Å². The highest BCUT2D eigenvalue weighted by molar-refractivity contribution is 5.91. The van der Waals surface area contributed by atoms with Crippen molar-refractivity contribution >= 4 is 5.97 Å². The van der Waals surface area contributed by atoms with E-state index in [1.54, 1.807) is 18.2 Å². The molecule has 210 valence electrons. The third kappa shape index (κ3) is 11.2. The van der Waals surface area contributed by atoms with Crippen molar-refractivity contribution in [3.63, 3.8) is 0 Å². The van der Waals surface area contributed by atoms with E-state index in [0.29, 0.717) is 11.3 Å². The molecule has 3 aromatic rings. The van der Waals surface area contributed by atoms with E-state index in [-0.39, 0.29) is 12.1 Å². The molecule has 0 saturated carbocycles. The van der Waals surface area contributed by atoms with Gasteiger partial charge < -0.3 is 14.2 Å². The normalized spacial score (nSPS) is 11.7. The third-order valence-corrected chi connectivity index (χ3v) is 6.89. The fourth-order valence-electron chi connectivity index (χ4n) is 4.54. The van der Waals surface area contributed by atoms with Crippen LogP contribution in [0.4, 0.5) is 0 Å². The van der Waals surface area contributed by atoms with Gasteiger partial charge >= 0.3 is 5.97 Å². The minimum absolute atomic E-state index is 0.156. The summed E-state index contributed by atoms with van der Waals surface area (Å²) >= 11 is 0. The predicted molar refractivity (Wildman–Crippen MR) is 161 cm³/mol. The summed E-state index contributed by atoms with van der Waals surface area (Å²) in [6, 6.07) is 22.9. The van der Waals surface area contributed by atoms with Gasteiger partial charge in [0.25, 0.3) is 0 Å². The summed E-state index contributed by atoms with van der Waals surface area (Å²) < 4.78 is 17.6. The predicted octanol–water partition coefficient (Wildman–Crippen LogP) is 10.0. The second-order valence-corrected chi connectivity index (χ2v) is 10.4. The van der Waals surface area contributed by atoms with E-state index in [4.69, 9.17) is 14.2 Å². The average molecular weight is 531 g/mol. The largest absolute Gasteiger partial charge is 0.494 e. The Balaban J connectivity index is 1.47. The van der Waals surface area contributed by atoms with Gasteiger partial charge in [-0.3, -0.25) is 0 Å². The summed E-state index contributed by atoms with van der Waals surface area (Å²) in [4.78, 5) is 12.8. The van der Waals surface area contributed by atoms with E-state index in [9.17, 15) is 4.79 Å². The summed E-state index contributed by atoms with van der Waals surface area (Å²) in [7, 11) is 0. The van der Waals surface area contributed by atoms with Crippen LogP contribution in [0.1, 0.15) is 102 Å². The molecule has 0 fully saturated rings. The molecule has 4 heteroatoms. The van der Waals surface area contributed by atoms with Crippen molar-refractivity contribution in [1.82, 2.24) is 0 Å². The van der Waals surface area contributed by atoms with Gasteiger partial charge in [0.05, 0.1) is 18.3 Å². The molecule has 0 saturated heterocycles. The smallest absolute Gasteiger partial charge is 0.343 e. The monoisotopic (exact) mass is 530 g/mol. The highest BCUT2D eigenvalue weighted by Crippen LogP contribution is 2.27. The molecule has 3 rings (SSSR count). The second kappa shape index (κ2) is 17.3. The van der Waals surface area contributed by atoms with Crippen molar-refractivity contribution in [1.29, 1.82) is 0 Å². The number of unbranched alkanes of at least 4 members (excludes halogenated alkanes) is 8. The zero-order valence-electron chi connectivity index (χ0n) is 24.1. The Kier molecular flexibility index (Phi) is 13.5. The average Bonchev–Trinajstić information content (AvgIpc) is 2.96. The van der Waals surface area contributed by atoms with Crippen LogP contribution >= 0.6 is 0 Å². The molecule has 0 aliphatic rings. The first-order chi connectivity index (χ1) is 19.1. The molecule has 0 spiro atoms. The Bertz CT molecular complexity index is 1090. The number of rotatable bonds is 18. The van der Waals surface area contributed by atoms with Gasteiger partial charge in [-0.05, 0) is 85.8 Å². The first-order valence-electron chi connectivity index (χ1n) is 14.9. The van der Waals surface area contributed by atoms with Crippen LogP contribution in [0.25, 0.3) is 11.1 Å². The molecule has 1 atom stereocenters. The number of carbonyl (C=O) groups is 1. The van der Waals surface area contributed by atoms with Crippen molar-refractivity contribution < 1.29 is 19.0 Å². The first-order valence-corrected chi connectivity index (χ1v) is 14.9. The van der Waals surface area contributed by atoms with Crippen molar-refractivity contribution in [3.05, 3.63) is 78.4 Å². The van der Waals surface area contributed by atoms with Gasteiger partial charge in [-0.15, -0.1) is 0 Å². The first kappa shape index (κ1) is 30.3. The van der Waals surface area contributed by atoms with Gasteiger partial charge in [0.1, 0.15) is 17.2 Å². The van der Waals surface area contributed by atoms with Crippen LogP contribution in [-0.4, -0.2) is 18.7 Å². The number of benzene rings is 3. The SMILES string of the molecule is CCCCCCCCOc1ccc(-c2cccc(OC(=O)c3ccc(OC(C)CCCCCC)cc3)c2)cc1. The van der Waals surface area contributed by atoms with Crippen LogP contribution in [-0.2, 0) is 0 Å². The Hall–Kier alpha value is -3.27. The lowest BCUT2D eigenvalue weighted by atomic mass is 10.1. The van der Waals surface area contributed by atoms with Crippen molar-refractivity contribution in [2.24, 2.45) is 0 Å². The lowest BCUT2D eigenvalue weighted by Crippen LogP contribution is -2.12. The minimum Gasteiger partial charge on any atom is -0.494 e. The van der Waals surface area contributed by atoms with Gasteiger partial charge in [-0.25, -0.2) is 4.79 Å². The van der Waals surface area contributed by atoms with E-state index < -0.39 is 0 Å². The second-order valence-electron chi connectivity index (χ2n) is 10.4. The third-order valence-electron chi connectivity index (χ3n) is 6.89. The molecular formula is C35H46O4. The number of esters is 1. The van der Waals surface area contributed by atoms with Crippen LogP contribution < -0.4 is 14.2 Å². The lowest BCUT2D eigenvalue weighted by Gasteiger charge is -2.15. The summed E-state index contributed by atoms with van der Waals surface area (Å²) in [6.45, 7) is 7.30. The molecule has 4 nitrogen and oxygen atoms in total. The maximum Gasteiger partial charge on any atom is 0.343 e. The van der Waals surface area contributed by atoms with E-state index in [1.165, 1.54) is 57.8 Å². The van der Waals surface area contributed by atoms with Gasteiger partial charge in [0.15, 0.2) is 0 Å². The van der Waals surface area contributed by atoms with Gasteiger partial charge in [-0.2, -0.15) is 0 Å². The van der Waals surface area contributed by atoms with Gasteiger partial charge in [-0.1, -0.05) is 89.5 Å². The molecule has 0 amide bonds. The van der Waals surface area contributed by atoms with Crippen molar-refractivity contribution in [3.8, 4) is 28.4 Å². The molecule has 0 aromatic heterocycles. The number of hydrogen-bond acceptors (Lipinski definition) is 4. The van der Waals surface area contributed by atoms with Crippen LogP contribution in [0.5, 0.6) is 17.2 Å². The molecule has 3 aromatic carbocycles. The van der Waals surface area contributed by atoms with Crippen LogP contribution in [0.3, 0.4) is 0 Å². The van der Waals surface area contributed by atoms with Crippen LogP contribution in [0.2, 0.25) is 0 Å². The topological polar surface area (TPSA) is 44.8 Å². The number of carbonyl (C=O) groups excluding carboxylic acids is 1. The molecule has 0 aliphatic carbocycles. The van der Waals surface area contributed by atoms with Crippen molar-refractivity contribution in [2.75, 3.05) is 6.61 Å². The number of hydrogen-bond donors (Lipinski definition) is 0. The Morgan fingerprint density at radius 2 is 1.31 bits per heavy atom. The minimum atomic E-state index is -0.384. The number of ether oxygens (including phenoxy) is 3. The molecular weight excluding hydrogens is 484 g/mol. The van der Waals surface area contributed by atoms with Gasteiger partial charge in [0.2, 0.25) is 0 Å². The Morgan fingerprint density at radius 1 is 0.667 bits per heavy atom. The summed E-state index contributed by atoms with van der Waals surface area (Å²) in [5, 5.41) is 0. The van der Waals surface area contributed by atoms with Crippen molar-refractivity contribution in [2.45, 2.75) is 97.5 Å². The zero-order chi connectivity index (χ0) is 27.7. The molecule has 1 unspecified atom stereocenters. The van der Waals surface area contributed by atoms with E-state index in [0.717, 1.165) is 42.1 Å². The fraction of sp³-hybridized carbons (Fsp3) is 0.457. The lowest BCUT2D eigenvalue weighted by molar-refractivity contribution is 0.0735. The summed E-state index contributed by atoms with van der Waals surface area (Å²) in [5.41, 5.74) is 2.53. The molecule has 0 N–H and O–H groups in total. The Morgan fingerprint density at radius 3 is 2.03 bits per heavy atom. The molecule has 0 aliphatic heterocycles. The standard InChI is InChI=1S/C35H46O4/c1-4-6-8-10-11-13-26-37-32-22-18-29(19-23-32)31-16-14-17-34(27-31)39-35(36)30-20-24-33(25-21-30)38-28(3)15-12-9-7-5-2/h14,16-25,27-28H,4-13,15,26H2,1-3H3. The molecule has 39 heavy (non-hydrogen) atoms. The Labute approximate surface area is 235 Å². The molecule has 0 heterocycles. The zero-order valence-corrected chi connectivity index (χ0v) is 24.1. The fourth-order valence-corrected chi connectivity index (χ4v) is 4.54. The van der Waals surface area contributed by atoms with E-state index in [2.05, 4.69) is 20.8 Å². The maximum absolute atomic E-state index is 12.8. The van der Waals surface area contributed by atoms with Gasteiger partial charge in [0, 0.05) is 0 Å². The summed E-state index contributed by atoms with van der Waals surface area (Å²) in [5.74, 6) is 1.79. The maximum atomic E-state index is 12.8. The van der Waals surface area contributed by atoms with E-state index in [1.807, 2.05) is 54.6 Å². The molecule has 0 bridgehead atoms.